The molecule has 35 heavy (non-hydrogen) atoms. The molecule has 190 valence electrons. The minimum atomic E-state index is -0.514. The Kier molecular flexibility index (Phi) is 5.53. The van der Waals surface area contributed by atoms with Crippen molar-refractivity contribution in [2.75, 3.05) is 6.54 Å². The number of ether oxygens (including phenoxy) is 1. The molecule has 5 fully saturated rings. The van der Waals surface area contributed by atoms with Gasteiger partial charge >= 0.3 is 0 Å². The maximum absolute atomic E-state index is 14.0. The molecule has 0 bridgehead atoms. The van der Waals surface area contributed by atoms with Crippen LogP contribution in [-0.2, 0) is 14.3 Å². The number of nitrogens with one attached hydrogen (secondary N) is 1. The number of thioether (sulfide) groups is 1. The lowest BCUT2D eigenvalue weighted by molar-refractivity contribution is -0.321. The number of hydrogen-bond acceptors (Lipinski definition) is 5. The molecule has 1 amide bonds. The number of carbonyl (C=O) groups is 2. The van der Waals surface area contributed by atoms with Gasteiger partial charge in [-0.05, 0) is 55.6 Å². The maximum atomic E-state index is 14.0. The maximum Gasteiger partial charge on any atom is 0.223 e. The number of benzene rings is 1. The van der Waals surface area contributed by atoms with Gasteiger partial charge in [-0.25, -0.2) is 0 Å². The molecule has 1 spiro atoms. The van der Waals surface area contributed by atoms with Gasteiger partial charge in [-0.15, -0.1) is 11.8 Å². The normalized spacial score (nSPS) is 48.3. The highest BCUT2D eigenvalue weighted by Crippen LogP contribution is 2.69. The summed E-state index contributed by atoms with van der Waals surface area (Å²) < 4.78 is 7.43. The van der Waals surface area contributed by atoms with Crippen LogP contribution >= 0.6 is 11.8 Å². The van der Waals surface area contributed by atoms with Gasteiger partial charge in [0.05, 0.1) is 23.1 Å². The van der Waals surface area contributed by atoms with Gasteiger partial charge in [0.25, 0.3) is 0 Å². The summed E-state index contributed by atoms with van der Waals surface area (Å²) in [5, 5.41) is 14.1. The van der Waals surface area contributed by atoms with Gasteiger partial charge in [0.1, 0.15) is 0 Å². The molecule has 1 aromatic rings. The van der Waals surface area contributed by atoms with Crippen LogP contribution in [0.25, 0.3) is 0 Å². The molecule has 6 rings (SSSR count). The van der Waals surface area contributed by atoms with Crippen molar-refractivity contribution in [3.05, 3.63) is 30.3 Å². The summed E-state index contributed by atoms with van der Waals surface area (Å²) in [6.07, 6.45) is 3.56. The standard InChI is InChI=1S/C29H39NO4S/c1-16-10-11-23-27(2,3)25(32)22(35-17-8-6-5-7-9-17)14-29(23)28(16,4)13-19-21(31)12-18-20(24(19)34-29)15-30-26(18)33/h5-9,16,18-24,31H,10-15H2,1-4H3,(H,30,33). The first kappa shape index (κ1) is 24.0. The summed E-state index contributed by atoms with van der Waals surface area (Å²) in [7, 11) is 0. The lowest BCUT2D eigenvalue weighted by atomic mass is 9.42. The minimum absolute atomic E-state index is 0.0433. The second kappa shape index (κ2) is 8.06. The number of hydrogen-bond donors (Lipinski definition) is 2. The molecular formula is C29H39NO4S. The quantitative estimate of drug-likeness (QED) is 0.631. The number of fused-ring (bicyclic) bond motifs is 3. The highest BCUT2D eigenvalue weighted by Gasteiger charge is 2.72. The lowest BCUT2D eigenvalue weighted by Crippen LogP contribution is -2.74. The van der Waals surface area contributed by atoms with Gasteiger partial charge in [0.15, 0.2) is 5.78 Å². The molecule has 6 heteroatoms. The van der Waals surface area contributed by atoms with Crippen molar-refractivity contribution in [2.24, 2.45) is 40.4 Å². The van der Waals surface area contributed by atoms with Crippen molar-refractivity contribution in [3.8, 4) is 0 Å². The van der Waals surface area contributed by atoms with Crippen LogP contribution in [-0.4, -0.2) is 46.4 Å². The molecular weight excluding hydrogens is 458 g/mol. The van der Waals surface area contributed by atoms with E-state index in [1.54, 1.807) is 11.8 Å². The SMILES string of the molecule is CC1CCC2C(C)(C)C(=O)C(Sc3ccccc3)CC23OC2C(CC13C)C(O)CC1C(=O)NCC12. The molecule has 3 saturated carbocycles. The zero-order valence-electron chi connectivity index (χ0n) is 21.3. The number of aliphatic hydroxyl groups excluding tert-OH is 1. The van der Waals surface area contributed by atoms with Gasteiger partial charge < -0.3 is 15.2 Å². The number of carbonyl (C=O) groups excluding carboxylic acids is 2. The highest BCUT2D eigenvalue weighted by atomic mass is 32.2. The monoisotopic (exact) mass is 497 g/mol. The van der Waals surface area contributed by atoms with E-state index in [0.29, 0.717) is 31.1 Å². The van der Waals surface area contributed by atoms with Gasteiger partial charge in [0, 0.05) is 40.5 Å². The fraction of sp³-hybridized carbons (Fsp3) is 0.724. The molecule has 0 aromatic heterocycles. The summed E-state index contributed by atoms with van der Waals surface area (Å²) in [5.74, 6) is 0.963. The average molecular weight is 498 g/mol. The predicted molar refractivity (Wildman–Crippen MR) is 136 cm³/mol. The van der Waals surface area contributed by atoms with E-state index in [-0.39, 0.29) is 46.3 Å². The summed E-state index contributed by atoms with van der Waals surface area (Å²) in [6.45, 7) is 9.65. The van der Waals surface area contributed by atoms with Crippen LogP contribution in [0.1, 0.15) is 59.8 Å². The Bertz CT molecular complexity index is 1030. The summed E-state index contributed by atoms with van der Waals surface area (Å²) in [5.41, 5.74) is -1.06. The van der Waals surface area contributed by atoms with Crippen molar-refractivity contribution in [1.82, 2.24) is 5.32 Å². The van der Waals surface area contributed by atoms with E-state index < -0.39 is 17.1 Å². The van der Waals surface area contributed by atoms with E-state index in [4.69, 9.17) is 4.74 Å². The molecule has 3 aliphatic carbocycles. The third-order valence-electron chi connectivity index (χ3n) is 11.0. The first-order chi connectivity index (χ1) is 16.6. The second-order valence-corrected chi connectivity index (χ2v) is 14.1. The topological polar surface area (TPSA) is 75.6 Å². The Balaban J connectivity index is 1.44. The van der Waals surface area contributed by atoms with Crippen LogP contribution in [0.3, 0.4) is 0 Å². The molecule has 2 heterocycles. The van der Waals surface area contributed by atoms with Crippen molar-refractivity contribution >= 4 is 23.5 Å². The lowest BCUT2D eigenvalue weighted by Gasteiger charge is -2.70. The van der Waals surface area contributed by atoms with Crippen LogP contribution < -0.4 is 5.32 Å². The Labute approximate surface area is 213 Å². The smallest absolute Gasteiger partial charge is 0.223 e. The van der Waals surface area contributed by atoms with Crippen LogP contribution in [0.2, 0.25) is 0 Å². The first-order valence-corrected chi connectivity index (χ1v) is 14.4. The first-order valence-electron chi connectivity index (χ1n) is 13.5. The van der Waals surface area contributed by atoms with Gasteiger partial charge in [0.2, 0.25) is 5.91 Å². The van der Waals surface area contributed by atoms with E-state index >= 15 is 0 Å². The second-order valence-electron chi connectivity index (χ2n) is 12.8. The zero-order chi connectivity index (χ0) is 24.8. The van der Waals surface area contributed by atoms with Gasteiger partial charge in [-0.3, -0.25) is 9.59 Å². The van der Waals surface area contributed by atoms with Gasteiger partial charge in [-0.2, -0.15) is 0 Å². The fourth-order valence-corrected chi connectivity index (χ4v) is 10.3. The van der Waals surface area contributed by atoms with Crippen LogP contribution in [0.15, 0.2) is 35.2 Å². The number of aliphatic hydroxyl groups is 1. The largest absolute Gasteiger partial charge is 0.393 e. The molecule has 2 aliphatic heterocycles. The van der Waals surface area contributed by atoms with Crippen molar-refractivity contribution < 1.29 is 19.4 Å². The van der Waals surface area contributed by atoms with Crippen molar-refractivity contribution in [2.45, 2.75) is 87.8 Å². The Morgan fingerprint density at radius 1 is 1.06 bits per heavy atom. The van der Waals surface area contributed by atoms with E-state index in [1.165, 1.54) is 0 Å². The Morgan fingerprint density at radius 3 is 2.54 bits per heavy atom. The number of Topliss-reactive ketones (excluding diaryl/α,β-unsaturated/α-hetero) is 1. The van der Waals surface area contributed by atoms with Crippen LogP contribution in [0.4, 0.5) is 0 Å². The van der Waals surface area contributed by atoms with Crippen LogP contribution in [0, 0.1) is 40.4 Å². The number of rotatable bonds is 2. The summed E-state index contributed by atoms with van der Waals surface area (Å²) in [4.78, 5) is 27.7. The minimum Gasteiger partial charge on any atom is -0.393 e. The highest BCUT2D eigenvalue weighted by molar-refractivity contribution is 8.00. The van der Waals surface area contributed by atoms with Crippen molar-refractivity contribution in [1.29, 1.82) is 0 Å². The summed E-state index contributed by atoms with van der Waals surface area (Å²) in [6, 6.07) is 10.3. The predicted octanol–water partition coefficient (Wildman–Crippen LogP) is 4.47. The molecule has 2 N–H and O–H groups in total. The molecule has 2 saturated heterocycles. The van der Waals surface area contributed by atoms with Crippen molar-refractivity contribution in [3.63, 3.8) is 0 Å². The number of amides is 1. The van der Waals surface area contributed by atoms with Gasteiger partial charge in [-0.1, -0.05) is 45.9 Å². The number of ketones is 1. The fourth-order valence-electron chi connectivity index (χ4n) is 8.90. The molecule has 0 radical (unpaired) electrons. The third-order valence-corrected chi connectivity index (χ3v) is 12.2. The molecule has 5 aliphatic rings. The van der Waals surface area contributed by atoms with E-state index in [9.17, 15) is 14.7 Å². The van der Waals surface area contributed by atoms with E-state index in [0.717, 1.165) is 24.2 Å². The Hall–Kier alpha value is -1.37. The Morgan fingerprint density at radius 2 is 1.80 bits per heavy atom. The third kappa shape index (κ3) is 3.28. The zero-order valence-corrected chi connectivity index (χ0v) is 22.1. The molecule has 5 nitrogen and oxygen atoms in total. The van der Waals surface area contributed by atoms with Crippen LogP contribution in [0.5, 0.6) is 0 Å². The molecule has 10 atom stereocenters. The van der Waals surface area contributed by atoms with E-state index in [2.05, 4.69) is 45.1 Å². The average Bonchev–Trinajstić information content (AvgIpc) is 3.19. The molecule has 1 aromatic carbocycles. The summed E-state index contributed by atoms with van der Waals surface area (Å²) >= 11 is 1.69. The molecule has 10 unspecified atom stereocenters. The van der Waals surface area contributed by atoms with E-state index in [1.807, 2.05) is 18.2 Å².